The largest absolute Gasteiger partial charge is 0.475 e. The molecule has 4 rings (SSSR count). The van der Waals surface area contributed by atoms with E-state index in [-0.39, 0.29) is 29.8 Å². The molecule has 0 saturated heterocycles. The van der Waals surface area contributed by atoms with Crippen LogP contribution in [0.15, 0.2) is 65.6 Å². The number of benzene rings is 2. The molecule has 4 aromatic rings. The van der Waals surface area contributed by atoms with Gasteiger partial charge in [-0.2, -0.15) is 4.52 Å². The maximum atomic E-state index is 13.6. The third-order valence-electron chi connectivity index (χ3n) is 4.45. The number of hydrogen-bond donors (Lipinski definition) is 2. The first-order valence-electron chi connectivity index (χ1n) is 9.80. The molecule has 0 radical (unpaired) electrons. The van der Waals surface area contributed by atoms with Gasteiger partial charge in [-0.05, 0) is 42.5 Å². The quantitative estimate of drug-likeness (QED) is 0.378. The first-order chi connectivity index (χ1) is 15.8. The molecule has 0 spiro atoms. The zero-order valence-electron chi connectivity index (χ0n) is 17.4. The minimum absolute atomic E-state index is 0.00553. The summed E-state index contributed by atoms with van der Waals surface area (Å²) < 4.78 is 47.8. The molecule has 2 aromatic carbocycles. The van der Waals surface area contributed by atoms with E-state index in [1.807, 2.05) is 0 Å². The Bertz CT molecular complexity index is 1410. The van der Waals surface area contributed by atoms with E-state index in [0.717, 1.165) is 0 Å². The van der Waals surface area contributed by atoms with Crippen molar-refractivity contribution in [2.45, 2.75) is 11.8 Å². The Hall–Kier alpha value is -3.90. The van der Waals surface area contributed by atoms with Crippen molar-refractivity contribution in [1.82, 2.24) is 24.5 Å². The fourth-order valence-electron chi connectivity index (χ4n) is 2.99. The summed E-state index contributed by atoms with van der Waals surface area (Å²) in [5.41, 5.74) is 1.45. The number of rotatable bonds is 8. The molecule has 0 unspecified atom stereocenters. The first-order valence-corrected chi connectivity index (χ1v) is 11.3. The molecular weight excluding hydrogens is 451 g/mol. The van der Waals surface area contributed by atoms with Crippen molar-refractivity contribution in [3.8, 4) is 17.3 Å². The van der Waals surface area contributed by atoms with E-state index in [0.29, 0.717) is 22.7 Å². The maximum absolute atomic E-state index is 13.6. The molecule has 2 aromatic heterocycles. The normalized spacial score (nSPS) is 11.5. The van der Waals surface area contributed by atoms with Crippen molar-refractivity contribution in [2.24, 2.45) is 0 Å². The summed E-state index contributed by atoms with van der Waals surface area (Å²) in [6.45, 7) is 1.37. The number of ether oxygens (including phenoxy) is 1. The molecule has 12 heteroatoms. The van der Waals surface area contributed by atoms with Crippen molar-refractivity contribution in [1.29, 1.82) is 0 Å². The Morgan fingerprint density at radius 2 is 1.88 bits per heavy atom. The zero-order valence-corrected chi connectivity index (χ0v) is 18.2. The predicted octanol–water partition coefficient (Wildman–Crippen LogP) is 2.25. The topological polar surface area (TPSA) is 128 Å². The molecule has 0 fully saturated rings. The average molecular weight is 470 g/mol. The lowest BCUT2D eigenvalue weighted by Crippen LogP contribution is -2.28. The van der Waals surface area contributed by atoms with E-state index >= 15 is 0 Å². The number of aromatic nitrogens is 4. The highest BCUT2D eigenvalue weighted by Crippen LogP contribution is 2.20. The Balaban J connectivity index is 1.39. The number of hydrogen-bond acceptors (Lipinski definition) is 7. The van der Waals surface area contributed by atoms with Crippen LogP contribution in [0.2, 0.25) is 0 Å². The molecule has 0 bridgehead atoms. The van der Waals surface area contributed by atoms with Gasteiger partial charge >= 0.3 is 0 Å². The monoisotopic (exact) mass is 470 g/mol. The molecule has 0 aliphatic rings. The lowest BCUT2D eigenvalue weighted by Gasteiger charge is -2.09. The Kier molecular flexibility index (Phi) is 6.29. The van der Waals surface area contributed by atoms with Crippen molar-refractivity contribution in [3.05, 3.63) is 66.5 Å². The van der Waals surface area contributed by atoms with Gasteiger partial charge in [0.1, 0.15) is 12.4 Å². The molecular formula is C21H19FN6O4S. The molecule has 2 heterocycles. The van der Waals surface area contributed by atoms with Gasteiger partial charge in [-0.3, -0.25) is 4.79 Å². The molecule has 0 atom stereocenters. The highest BCUT2D eigenvalue weighted by atomic mass is 32.2. The van der Waals surface area contributed by atoms with Crippen molar-refractivity contribution < 1.29 is 22.3 Å². The molecule has 0 saturated carbocycles. The number of nitrogens with zero attached hydrogens (tertiary/aromatic N) is 4. The molecule has 10 nitrogen and oxygen atoms in total. The zero-order chi connectivity index (χ0) is 23.4. The van der Waals surface area contributed by atoms with E-state index in [1.54, 1.807) is 24.3 Å². The minimum atomic E-state index is -3.76. The van der Waals surface area contributed by atoms with E-state index in [9.17, 15) is 17.6 Å². The second-order valence-electron chi connectivity index (χ2n) is 6.93. The molecule has 1 amide bonds. The summed E-state index contributed by atoms with van der Waals surface area (Å²) >= 11 is 0. The van der Waals surface area contributed by atoms with Crippen LogP contribution in [0, 0.1) is 5.82 Å². The summed E-state index contributed by atoms with van der Waals surface area (Å²) in [5.74, 6) is -0.0897. The second-order valence-corrected chi connectivity index (χ2v) is 8.69. The number of fused-ring (bicyclic) bond motifs is 1. The van der Waals surface area contributed by atoms with Gasteiger partial charge in [0.2, 0.25) is 21.8 Å². The highest BCUT2D eigenvalue weighted by Gasteiger charge is 2.14. The Morgan fingerprint density at radius 1 is 1.09 bits per heavy atom. The van der Waals surface area contributed by atoms with Crippen molar-refractivity contribution in [3.63, 3.8) is 0 Å². The van der Waals surface area contributed by atoms with Crippen LogP contribution in [0.3, 0.4) is 0 Å². The number of amides is 1. The standard InChI is InChI=1S/C21H19FN6O4S/c1-14(29)24-17-5-7-18(8-6-17)33(30,31)23-11-12-32-20-10-9-19-25-26-21(28(19)27-20)15-3-2-4-16(22)13-15/h2-10,13,23H,11-12H2,1H3,(H,24,29). The molecule has 0 aliphatic heterocycles. The first kappa shape index (κ1) is 22.3. The Morgan fingerprint density at radius 3 is 2.61 bits per heavy atom. The van der Waals surface area contributed by atoms with Crippen molar-refractivity contribution >= 4 is 27.3 Å². The Labute approximate surface area is 188 Å². The second kappa shape index (κ2) is 9.30. The van der Waals surface area contributed by atoms with E-state index in [2.05, 4.69) is 25.3 Å². The molecule has 170 valence electrons. The molecule has 33 heavy (non-hydrogen) atoms. The van der Waals surface area contributed by atoms with Crippen LogP contribution in [0.4, 0.5) is 10.1 Å². The summed E-state index contributed by atoms with van der Waals surface area (Å²) in [5, 5.41) is 14.9. The van der Waals surface area contributed by atoms with Gasteiger partial charge in [-0.25, -0.2) is 17.5 Å². The van der Waals surface area contributed by atoms with E-state index in [1.165, 1.54) is 47.8 Å². The van der Waals surface area contributed by atoms with Crippen LogP contribution < -0.4 is 14.8 Å². The van der Waals surface area contributed by atoms with Crippen LogP contribution >= 0.6 is 0 Å². The van der Waals surface area contributed by atoms with Crippen LogP contribution in [-0.2, 0) is 14.8 Å². The number of carbonyl (C=O) groups excluding carboxylic acids is 1. The number of anilines is 1. The average Bonchev–Trinajstić information content (AvgIpc) is 3.20. The lowest BCUT2D eigenvalue weighted by molar-refractivity contribution is -0.114. The predicted molar refractivity (Wildman–Crippen MR) is 118 cm³/mol. The highest BCUT2D eigenvalue weighted by molar-refractivity contribution is 7.89. The summed E-state index contributed by atoms with van der Waals surface area (Å²) in [6.07, 6.45) is 0. The summed E-state index contributed by atoms with van der Waals surface area (Å²) in [6, 6.07) is 14.9. The number of carbonyl (C=O) groups is 1. The van der Waals surface area contributed by atoms with Gasteiger partial charge in [0, 0.05) is 30.8 Å². The summed E-state index contributed by atoms with van der Waals surface area (Å²) in [4.78, 5) is 11.1. The summed E-state index contributed by atoms with van der Waals surface area (Å²) in [7, 11) is -3.76. The fourth-order valence-corrected chi connectivity index (χ4v) is 4.01. The van der Waals surface area contributed by atoms with Crippen molar-refractivity contribution in [2.75, 3.05) is 18.5 Å². The molecule has 0 aliphatic carbocycles. The van der Waals surface area contributed by atoms with Gasteiger partial charge in [-0.15, -0.1) is 15.3 Å². The van der Waals surface area contributed by atoms with E-state index < -0.39 is 15.8 Å². The fraction of sp³-hybridized carbons (Fsp3) is 0.143. The number of halogens is 1. The van der Waals surface area contributed by atoms with Crippen LogP contribution in [0.1, 0.15) is 6.92 Å². The van der Waals surface area contributed by atoms with Gasteiger partial charge in [0.15, 0.2) is 11.5 Å². The van der Waals surface area contributed by atoms with Gasteiger partial charge in [-0.1, -0.05) is 12.1 Å². The van der Waals surface area contributed by atoms with E-state index in [4.69, 9.17) is 4.74 Å². The van der Waals surface area contributed by atoms with Gasteiger partial charge in [0.05, 0.1) is 4.90 Å². The number of nitrogens with one attached hydrogen (secondary N) is 2. The van der Waals surface area contributed by atoms with Crippen LogP contribution in [-0.4, -0.2) is 47.3 Å². The maximum Gasteiger partial charge on any atom is 0.240 e. The van der Waals surface area contributed by atoms with Gasteiger partial charge < -0.3 is 10.1 Å². The third-order valence-corrected chi connectivity index (χ3v) is 5.93. The van der Waals surface area contributed by atoms with Crippen LogP contribution in [0.5, 0.6) is 5.88 Å². The smallest absolute Gasteiger partial charge is 0.240 e. The third kappa shape index (κ3) is 5.30. The minimum Gasteiger partial charge on any atom is -0.475 e. The lowest BCUT2D eigenvalue weighted by atomic mass is 10.2. The van der Waals surface area contributed by atoms with Gasteiger partial charge in [0.25, 0.3) is 0 Å². The van der Waals surface area contributed by atoms with Crippen LogP contribution in [0.25, 0.3) is 17.0 Å². The number of sulfonamides is 1. The SMILES string of the molecule is CC(=O)Nc1ccc(S(=O)(=O)NCCOc2ccc3nnc(-c4cccc(F)c4)n3n2)cc1. The molecule has 2 N–H and O–H groups in total.